The second-order valence-electron chi connectivity index (χ2n) is 3.72. The molecular weight excluding hydrogens is 240 g/mol. The van der Waals surface area contributed by atoms with E-state index in [1.165, 1.54) is 7.11 Å². The lowest BCUT2D eigenvalue weighted by Crippen LogP contribution is -2.22. The van der Waals surface area contributed by atoms with Crippen LogP contribution in [0.25, 0.3) is 10.9 Å². The largest absolute Gasteiger partial charge is 0.469 e. The average molecular weight is 253 g/mol. The van der Waals surface area contributed by atoms with Crippen LogP contribution < -0.4 is 5.73 Å². The number of hydrogen-bond donors (Lipinski definition) is 2. The minimum atomic E-state index is -0.492. The lowest BCUT2D eigenvalue weighted by molar-refractivity contribution is -0.142. The minimum absolute atomic E-state index is 0.185. The molecule has 1 aromatic heterocycles. The van der Waals surface area contributed by atoms with E-state index in [1.807, 2.05) is 12.1 Å². The van der Waals surface area contributed by atoms with Crippen molar-refractivity contribution in [2.45, 2.75) is 5.92 Å². The molecule has 0 aliphatic heterocycles. The molecule has 1 unspecified atom stereocenters. The number of nitrogens with one attached hydrogen (secondary N) is 1. The summed E-state index contributed by atoms with van der Waals surface area (Å²) in [6, 6.07) is 5.53. The lowest BCUT2D eigenvalue weighted by Gasteiger charge is -2.11. The molecule has 0 amide bonds. The van der Waals surface area contributed by atoms with E-state index >= 15 is 0 Å². The molecule has 0 aliphatic carbocycles. The van der Waals surface area contributed by atoms with E-state index < -0.39 is 5.92 Å². The van der Waals surface area contributed by atoms with E-state index in [0.29, 0.717) is 5.02 Å². The van der Waals surface area contributed by atoms with Gasteiger partial charge in [-0.1, -0.05) is 17.7 Å². The van der Waals surface area contributed by atoms with Gasteiger partial charge in [0.1, 0.15) is 0 Å². The van der Waals surface area contributed by atoms with Crippen molar-refractivity contribution in [1.29, 1.82) is 0 Å². The third-order valence-corrected chi connectivity index (χ3v) is 3.10. The van der Waals surface area contributed by atoms with Crippen LogP contribution >= 0.6 is 11.6 Å². The number of carbonyl (C=O) groups excluding carboxylic acids is 1. The predicted octanol–water partition coefficient (Wildman–Crippen LogP) is 2.04. The summed E-state index contributed by atoms with van der Waals surface area (Å²) in [5, 5.41) is 1.43. The van der Waals surface area contributed by atoms with Crippen molar-refractivity contribution in [3.8, 4) is 0 Å². The van der Waals surface area contributed by atoms with Gasteiger partial charge in [-0.2, -0.15) is 0 Å². The van der Waals surface area contributed by atoms with Crippen LogP contribution in [0.2, 0.25) is 5.02 Å². The highest BCUT2D eigenvalue weighted by Crippen LogP contribution is 2.31. The molecule has 2 rings (SSSR count). The molecule has 1 atom stereocenters. The highest BCUT2D eigenvalue weighted by atomic mass is 35.5. The van der Waals surface area contributed by atoms with Gasteiger partial charge in [-0.05, 0) is 17.7 Å². The molecule has 0 saturated heterocycles. The van der Waals surface area contributed by atoms with Crippen molar-refractivity contribution in [2.24, 2.45) is 5.73 Å². The first-order valence-corrected chi connectivity index (χ1v) is 5.60. The summed E-state index contributed by atoms with van der Waals surface area (Å²) in [5.74, 6) is -0.845. The molecule has 5 heteroatoms. The Morgan fingerprint density at radius 1 is 1.59 bits per heavy atom. The Morgan fingerprint density at radius 3 is 3.00 bits per heavy atom. The molecule has 0 aliphatic rings. The van der Waals surface area contributed by atoms with Gasteiger partial charge in [-0.25, -0.2) is 0 Å². The molecule has 0 bridgehead atoms. The molecule has 4 nitrogen and oxygen atoms in total. The smallest absolute Gasteiger partial charge is 0.314 e. The summed E-state index contributed by atoms with van der Waals surface area (Å²) < 4.78 is 4.74. The van der Waals surface area contributed by atoms with E-state index in [0.717, 1.165) is 16.5 Å². The fraction of sp³-hybridized carbons (Fsp3) is 0.250. The summed E-state index contributed by atoms with van der Waals surface area (Å²) in [7, 11) is 1.35. The highest BCUT2D eigenvalue weighted by Gasteiger charge is 2.23. The zero-order chi connectivity index (χ0) is 12.4. The average Bonchev–Trinajstić information content (AvgIpc) is 2.75. The van der Waals surface area contributed by atoms with Gasteiger partial charge < -0.3 is 15.5 Å². The molecule has 17 heavy (non-hydrogen) atoms. The van der Waals surface area contributed by atoms with Crippen LogP contribution in [0.4, 0.5) is 0 Å². The maximum atomic E-state index is 11.6. The number of fused-ring (bicyclic) bond motifs is 1. The first kappa shape index (κ1) is 12.0. The van der Waals surface area contributed by atoms with Crippen molar-refractivity contribution in [1.82, 2.24) is 4.98 Å². The first-order chi connectivity index (χ1) is 8.19. The highest BCUT2D eigenvalue weighted by molar-refractivity contribution is 6.35. The normalized spacial score (nSPS) is 12.6. The molecular formula is C12H13ClN2O2. The molecule has 2 aromatic rings. The van der Waals surface area contributed by atoms with Gasteiger partial charge in [0.2, 0.25) is 0 Å². The number of methoxy groups -OCH3 is 1. The molecule has 0 radical (unpaired) electrons. The molecule has 1 heterocycles. The monoisotopic (exact) mass is 252 g/mol. The molecule has 90 valence electrons. The Bertz CT molecular complexity index is 550. The van der Waals surface area contributed by atoms with Crippen LogP contribution in [0.3, 0.4) is 0 Å². The second-order valence-corrected chi connectivity index (χ2v) is 4.13. The zero-order valence-electron chi connectivity index (χ0n) is 9.37. The van der Waals surface area contributed by atoms with Gasteiger partial charge in [0.15, 0.2) is 0 Å². The number of aromatic nitrogens is 1. The summed E-state index contributed by atoms with van der Waals surface area (Å²) >= 11 is 6.14. The summed E-state index contributed by atoms with van der Waals surface area (Å²) in [5.41, 5.74) is 7.29. The quantitative estimate of drug-likeness (QED) is 0.822. The number of benzene rings is 1. The number of ether oxygens (including phenoxy) is 1. The van der Waals surface area contributed by atoms with Gasteiger partial charge >= 0.3 is 5.97 Å². The second kappa shape index (κ2) is 4.77. The SMILES string of the molecule is COC(=O)C(CN)c1c[nH]c2cccc(Cl)c12. The van der Waals surface area contributed by atoms with Gasteiger partial charge in [0, 0.05) is 23.6 Å². The predicted molar refractivity (Wildman–Crippen MR) is 67.1 cm³/mol. The van der Waals surface area contributed by atoms with Crippen LogP contribution in [0.5, 0.6) is 0 Å². The number of aromatic amines is 1. The Labute approximate surface area is 104 Å². The van der Waals surface area contributed by atoms with Crippen molar-refractivity contribution < 1.29 is 9.53 Å². The number of H-pyrrole nitrogens is 1. The summed E-state index contributed by atoms with van der Waals surface area (Å²) in [6.45, 7) is 0.185. The minimum Gasteiger partial charge on any atom is -0.469 e. The third-order valence-electron chi connectivity index (χ3n) is 2.78. The Kier molecular flexibility index (Phi) is 3.36. The van der Waals surface area contributed by atoms with Crippen LogP contribution in [0.15, 0.2) is 24.4 Å². The van der Waals surface area contributed by atoms with E-state index in [-0.39, 0.29) is 12.5 Å². The van der Waals surface area contributed by atoms with Crippen LogP contribution in [0, 0.1) is 0 Å². The molecule has 3 N–H and O–H groups in total. The maximum Gasteiger partial charge on any atom is 0.314 e. The summed E-state index contributed by atoms with van der Waals surface area (Å²) in [6.07, 6.45) is 1.75. The zero-order valence-corrected chi connectivity index (χ0v) is 10.1. The van der Waals surface area contributed by atoms with Crippen molar-refractivity contribution in [2.75, 3.05) is 13.7 Å². The van der Waals surface area contributed by atoms with Crippen LogP contribution in [-0.4, -0.2) is 24.6 Å². The maximum absolute atomic E-state index is 11.6. The fourth-order valence-electron chi connectivity index (χ4n) is 1.93. The number of esters is 1. The number of carbonyl (C=O) groups is 1. The Hall–Kier alpha value is -1.52. The van der Waals surface area contributed by atoms with Crippen molar-refractivity contribution in [3.63, 3.8) is 0 Å². The van der Waals surface area contributed by atoms with Crippen LogP contribution in [0.1, 0.15) is 11.5 Å². The molecule has 0 fully saturated rings. The number of hydrogen-bond acceptors (Lipinski definition) is 3. The van der Waals surface area contributed by atoms with E-state index in [2.05, 4.69) is 4.98 Å². The number of halogens is 1. The van der Waals surface area contributed by atoms with Gasteiger partial charge in [-0.3, -0.25) is 4.79 Å². The topological polar surface area (TPSA) is 68.1 Å². The van der Waals surface area contributed by atoms with Crippen molar-refractivity contribution >= 4 is 28.5 Å². The number of rotatable bonds is 3. The number of nitrogens with two attached hydrogens (primary N) is 1. The molecule has 1 aromatic carbocycles. The van der Waals surface area contributed by atoms with Gasteiger partial charge in [0.25, 0.3) is 0 Å². The first-order valence-electron chi connectivity index (χ1n) is 5.22. The van der Waals surface area contributed by atoms with Gasteiger partial charge in [-0.15, -0.1) is 0 Å². The Balaban J connectivity index is 2.58. The molecule has 0 saturated carbocycles. The van der Waals surface area contributed by atoms with Gasteiger partial charge in [0.05, 0.1) is 18.1 Å². The standard InChI is InChI=1S/C12H13ClN2O2/c1-17-12(16)7(5-14)8-6-15-10-4-2-3-9(13)11(8)10/h2-4,6-7,15H,5,14H2,1H3. The lowest BCUT2D eigenvalue weighted by atomic mass is 9.99. The van der Waals surface area contributed by atoms with E-state index in [4.69, 9.17) is 22.1 Å². The van der Waals surface area contributed by atoms with Crippen molar-refractivity contribution in [3.05, 3.63) is 35.0 Å². The van der Waals surface area contributed by atoms with E-state index in [9.17, 15) is 4.79 Å². The Morgan fingerprint density at radius 2 is 2.35 bits per heavy atom. The summed E-state index contributed by atoms with van der Waals surface area (Å²) in [4.78, 5) is 14.7. The third kappa shape index (κ3) is 2.01. The van der Waals surface area contributed by atoms with Crippen LogP contribution in [-0.2, 0) is 9.53 Å². The van der Waals surface area contributed by atoms with E-state index in [1.54, 1.807) is 12.3 Å². The fourth-order valence-corrected chi connectivity index (χ4v) is 2.22. The molecule has 0 spiro atoms.